The van der Waals surface area contributed by atoms with Crippen molar-refractivity contribution in [3.05, 3.63) is 18.2 Å². The summed E-state index contributed by atoms with van der Waals surface area (Å²) in [5.41, 5.74) is 0.341. The lowest BCUT2D eigenvalue weighted by atomic mass is 10.3. The fourth-order valence-corrected chi connectivity index (χ4v) is 5.15. The van der Waals surface area contributed by atoms with Crippen molar-refractivity contribution in [1.29, 1.82) is 0 Å². The Morgan fingerprint density at radius 2 is 2.00 bits per heavy atom. The van der Waals surface area contributed by atoms with Crippen molar-refractivity contribution in [2.75, 3.05) is 43.9 Å². The van der Waals surface area contributed by atoms with Crippen LogP contribution in [0.4, 0.5) is 10.5 Å². The molecule has 0 aromatic heterocycles. The number of hydrogen-bond donors (Lipinski definition) is 1. The lowest BCUT2D eigenvalue weighted by Gasteiger charge is -2.21. The number of nitrogens with zero attached hydrogens (tertiary/aromatic N) is 2. The Labute approximate surface area is 164 Å². The average Bonchev–Trinajstić information content (AvgIpc) is 3.02. The lowest BCUT2D eigenvalue weighted by Crippen LogP contribution is -2.33. The second kappa shape index (κ2) is 9.43. The summed E-state index contributed by atoms with van der Waals surface area (Å²) >= 11 is 1.18. The van der Waals surface area contributed by atoms with Gasteiger partial charge in [0, 0.05) is 31.1 Å². The van der Waals surface area contributed by atoms with Crippen LogP contribution in [-0.4, -0.2) is 67.3 Å². The van der Waals surface area contributed by atoms with Crippen LogP contribution in [0.2, 0.25) is 0 Å². The van der Waals surface area contributed by atoms with Gasteiger partial charge in [-0.25, -0.2) is 8.42 Å². The number of nitrogens with one attached hydrogen (secondary N) is 1. The molecule has 0 radical (unpaired) electrons. The number of benzene rings is 1. The lowest BCUT2D eigenvalue weighted by molar-refractivity contribution is -0.116. The summed E-state index contributed by atoms with van der Waals surface area (Å²) < 4.78 is 32.7. The van der Waals surface area contributed by atoms with Gasteiger partial charge in [-0.1, -0.05) is 25.6 Å². The molecular weight excluding hydrogens is 390 g/mol. The predicted octanol–water partition coefficient (Wildman–Crippen LogP) is 2.22. The number of sulfonamides is 1. The van der Waals surface area contributed by atoms with Crippen LogP contribution in [-0.2, 0) is 14.8 Å². The summed E-state index contributed by atoms with van der Waals surface area (Å²) in [5.74, 6) is 0.538. The standard InChI is InChI=1S/C17H25N3O5S2/c1-4-20(5-2)27(23,24)15-11-13(7-8-14(15)25-6-3)18-16(21)12-19-9-10-26-17(19)22/h7-8,11H,4-6,9-10,12H2,1-3H3,(H,18,21). The van der Waals surface area contributed by atoms with Crippen LogP contribution in [0, 0.1) is 0 Å². The summed E-state index contributed by atoms with van der Waals surface area (Å²) in [4.78, 5) is 25.3. The minimum absolute atomic E-state index is 0.0126. The van der Waals surface area contributed by atoms with Crippen LogP contribution in [0.3, 0.4) is 0 Å². The van der Waals surface area contributed by atoms with Gasteiger partial charge in [0.1, 0.15) is 17.2 Å². The third-order valence-electron chi connectivity index (χ3n) is 4.03. The molecule has 1 aliphatic heterocycles. The van der Waals surface area contributed by atoms with Crippen LogP contribution >= 0.6 is 11.8 Å². The molecule has 0 bridgehead atoms. The van der Waals surface area contributed by atoms with E-state index in [2.05, 4.69) is 5.32 Å². The zero-order chi connectivity index (χ0) is 20.0. The Kier molecular flexibility index (Phi) is 7.51. The van der Waals surface area contributed by atoms with Crippen molar-refractivity contribution in [1.82, 2.24) is 9.21 Å². The third kappa shape index (κ3) is 5.14. The normalized spacial score (nSPS) is 14.7. The highest BCUT2D eigenvalue weighted by molar-refractivity contribution is 8.13. The Bertz CT molecular complexity index is 794. The van der Waals surface area contributed by atoms with Gasteiger partial charge in [0.15, 0.2) is 0 Å². The van der Waals surface area contributed by atoms with E-state index < -0.39 is 10.0 Å². The van der Waals surface area contributed by atoms with Gasteiger partial charge in [-0.05, 0) is 25.1 Å². The molecule has 27 heavy (non-hydrogen) atoms. The number of thioether (sulfide) groups is 1. The maximum atomic E-state index is 12.9. The van der Waals surface area contributed by atoms with E-state index in [-0.39, 0.29) is 28.3 Å². The van der Waals surface area contributed by atoms with Gasteiger partial charge in [-0.2, -0.15) is 4.31 Å². The van der Waals surface area contributed by atoms with Crippen molar-refractivity contribution >= 4 is 38.6 Å². The number of carbonyl (C=O) groups excluding carboxylic acids is 2. The molecule has 8 nitrogen and oxygen atoms in total. The molecule has 0 spiro atoms. The van der Waals surface area contributed by atoms with E-state index in [0.717, 1.165) is 0 Å². The van der Waals surface area contributed by atoms with Crippen molar-refractivity contribution < 1.29 is 22.7 Å². The first-order valence-electron chi connectivity index (χ1n) is 8.82. The summed E-state index contributed by atoms with van der Waals surface area (Å²) in [6.45, 7) is 6.75. The SMILES string of the molecule is CCOc1ccc(NC(=O)CN2CCSC2=O)cc1S(=O)(=O)N(CC)CC. The molecule has 0 atom stereocenters. The minimum Gasteiger partial charge on any atom is -0.492 e. The van der Waals surface area contributed by atoms with E-state index in [4.69, 9.17) is 4.74 Å². The molecule has 0 saturated carbocycles. The summed E-state index contributed by atoms with van der Waals surface area (Å²) in [7, 11) is -3.75. The van der Waals surface area contributed by atoms with Crippen molar-refractivity contribution in [3.63, 3.8) is 0 Å². The molecule has 1 fully saturated rings. The molecule has 0 unspecified atom stereocenters. The van der Waals surface area contributed by atoms with E-state index in [1.807, 2.05) is 0 Å². The Hall–Kier alpha value is -1.78. The minimum atomic E-state index is -3.75. The highest BCUT2D eigenvalue weighted by Crippen LogP contribution is 2.30. The molecule has 10 heteroatoms. The van der Waals surface area contributed by atoms with Crippen LogP contribution in [0.15, 0.2) is 23.1 Å². The molecule has 2 amide bonds. The fraction of sp³-hybridized carbons (Fsp3) is 0.529. The van der Waals surface area contributed by atoms with Crippen molar-refractivity contribution in [2.45, 2.75) is 25.7 Å². The topological polar surface area (TPSA) is 96.0 Å². The first-order chi connectivity index (χ1) is 12.8. The zero-order valence-electron chi connectivity index (χ0n) is 15.7. The molecular formula is C17H25N3O5S2. The Morgan fingerprint density at radius 1 is 1.30 bits per heavy atom. The first kappa shape index (κ1) is 21.5. The maximum absolute atomic E-state index is 12.9. The van der Waals surface area contributed by atoms with Crippen LogP contribution in [0.5, 0.6) is 5.75 Å². The quantitative estimate of drug-likeness (QED) is 0.664. The van der Waals surface area contributed by atoms with Gasteiger partial charge in [0.05, 0.1) is 6.61 Å². The molecule has 2 rings (SSSR count). The van der Waals surface area contributed by atoms with E-state index in [0.29, 0.717) is 37.7 Å². The monoisotopic (exact) mass is 415 g/mol. The van der Waals surface area contributed by atoms with Crippen LogP contribution in [0.1, 0.15) is 20.8 Å². The van der Waals surface area contributed by atoms with Crippen LogP contribution in [0.25, 0.3) is 0 Å². The van der Waals surface area contributed by atoms with Crippen molar-refractivity contribution in [2.24, 2.45) is 0 Å². The Morgan fingerprint density at radius 3 is 2.56 bits per heavy atom. The number of rotatable bonds is 9. The summed E-state index contributed by atoms with van der Waals surface area (Å²) in [6, 6.07) is 4.52. The number of ether oxygens (including phenoxy) is 1. The van der Waals surface area contributed by atoms with E-state index in [9.17, 15) is 18.0 Å². The molecule has 150 valence electrons. The van der Waals surface area contributed by atoms with Gasteiger partial charge >= 0.3 is 0 Å². The molecule has 1 saturated heterocycles. The van der Waals surface area contributed by atoms with Gasteiger partial charge in [-0.3, -0.25) is 9.59 Å². The van der Waals surface area contributed by atoms with Gasteiger partial charge in [0.25, 0.3) is 5.24 Å². The number of hydrogen-bond acceptors (Lipinski definition) is 6. The highest BCUT2D eigenvalue weighted by Gasteiger charge is 2.27. The second-order valence-corrected chi connectivity index (χ2v) is 8.72. The fourth-order valence-electron chi connectivity index (χ4n) is 2.71. The van der Waals surface area contributed by atoms with Gasteiger partial charge < -0.3 is 15.0 Å². The molecule has 1 aromatic carbocycles. The average molecular weight is 416 g/mol. The zero-order valence-corrected chi connectivity index (χ0v) is 17.4. The van der Waals surface area contributed by atoms with Gasteiger partial charge in [0.2, 0.25) is 15.9 Å². The Balaban J connectivity index is 2.26. The summed E-state index contributed by atoms with van der Waals surface area (Å²) in [6.07, 6.45) is 0. The van der Waals surface area contributed by atoms with E-state index >= 15 is 0 Å². The third-order valence-corrected chi connectivity index (χ3v) is 6.99. The first-order valence-corrected chi connectivity index (χ1v) is 11.2. The molecule has 1 aromatic rings. The molecule has 1 heterocycles. The molecule has 0 aliphatic carbocycles. The largest absolute Gasteiger partial charge is 0.492 e. The van der Waals surface area contributed by atoms with Crippen LogP contribution < -0.4 is 10.1 Å². The van der Waals surface area contributed by atoms with E-state index in [1.54, 1.807) is 26.8 Å². The molecule has 1 N–H and O–H groups in total. The highest BCUT2D eigenvalue weighted by atomic mass is 32.2. The molecule has 1 aliphatic rings. The predicted molar refractivity (Wildman–Crippen MR) is 106 cm³/mol. The number of anilines is 1. The van der Waals surface area contributed by atoms with Gasteiger partial charge in [-0.15, -0.1) is 0 Å². The number of carbonyl (C=O) groups is 2. The van der Waals surface area contributed by atoms with Crippen molar-refractivity contribution in [3.8, 4) is 5.75 Å². The second-order valence-electron chi connectivity index (χ2n) is 5.77. The smallest absolute Gasteiger partial charge is 0.282 e. The number of amides is 2. The van der Waals surface area contributed by atoms with E-state index in [1.165, 1.54) is 33.1 Å². The summed E-state index contributed by atoms with van der Waals surface area (Å²) in [5, 5.41) is 2.54. The maximum Gasteiger partial charge on any atom is 0.282 e.